The van der Waals surface area contributed by atoms with Crippen LogP contribution in [0.3, 0.4) is 0 Å². The van der Waals surface area contributed by atoms with E-state index in [1.807, 2.05) is 27.7 Å². The first-order valence-electron chi connectivity index (χ1n) is 4.35. The van der Waals surface area contributed by atoms with Crippen LogP contribution in [0.1, 0.15) is 34.6 Å². The fourth-order valence-electron chi connectivity index (χ4n) is 1.78. The standard InChI is InChI=1S/C9H17NO3/c1-6(10-11)7-8(2,3)13-9(4,5)12-7/h7,11H,1-5H3/b10-6+/t7-/m1/s1. The van der Waals surface area contributed by atoms with E-state index in [0.29, 0.717) is 5.71 Å². The topological polar surface area (TPSA) is 51.1 Å². The van der Waals surface area contributed by atoms with Gasteiger partial charge in [0, 0.05) is 0 Å². The van der Waals surface area contributed by atoms with Crippen molar-refractivity contribution in [3.05, 3.63) is 0 Å². The lowest BCUT2D eigenvalue weighted by atomic mass is 9.99. The van der Waals surface area contributed by atoms with Crippen molar-refractivity contribution in [2.45, 2.75) is 52.1 Å². The van der Waals surface area contributed by atoms with E-state index in [4.69, 9.17) is 14.7 Å². The molecule has 76 valence electrons. The highest BCUT2D eigenvalue weighted by molar-refractivity contribution is 5.87. The summed E-state index contributed by atoms with van der Waals surface area (Å²) in [6.07, 6.45) is -0.285. The Hall–Kier alpha value is -0.610. The SMILES string of the molecule is C/C(=N\O)[C@H]1OC(C)(C)OC1(C)C. The molecule has 0 bridgehead atoms. The molecule has 4 heteroatoms. The maximum atomic E-state index is 8.65. The summed E-state index contributed by atoms with van der Waals surface area (Å²) in [4.78, 5) is 0. The first-order chi connectivity index (χ1) is 5.78. The van der Waals surface area contributed by atoms with Gasteiger partial charge < -0.3 is 14.7 Å². The first kappa shape index (κ1) is 10.5. The summed E-state index contributed by atoms with van der Waals surface area (Å²) < 4.78 is 11.3. The molecular weight excluding hydrogens is 170 g/mol. The smallest absolute Gasteiger partial charge is 0.164 e. The quantitative estimate of drug-likeness (QED) is 0.386. The third-order valence-electron chi connectivity index (χ3n) is 2.08. The Morgan fingerprint density at radius 1 is 1.31 bits per heavy atom. The molecule has 1 N–H and O–H groups in total. The predicted molar refractivity (Wildman–Crippen MR) is 49.0 cm³/mol. The van der Waals surface area contributed by atoms with Gasteiger partial charge in [-0.15, -0.1) is 0 Å². The van der Waals surface area contributed by atoms with Crippen LogP contribution in [0.5, 0.6) is 0 Å². The Kier molecular flexibility index (Phi) is 2.38. The number of rotatable bonds is 1. The third-order valence-corrected chi connectivity index (χ3v) is 2.08. The summed E-state index contributed by atoms with van der Waals surface area (Å²) in [5, 5.41) is 11.8. The zero-order chi connectivity index (χ0) is 10.3. The maximum Gasteiger partial charge on any atom is 0.164 e. The summed E-state index contributed by atoms with van der Waals surface area (Å²) in [6.45, 7) is 9.25. The Morgan fingerprint density at radius 2 is 1.85 bits per heavy atom. The minimum atomic E-state index is -0.611. The molecular formula is C9H17NO3. The van der Waals surface area contributed by atoms with Gasteiger partial charge in [-0.2, -0.15) is 0 Å². The normalized spacial score (nSPS) is 32.1. The lowest BCUT2D eigenvalue weighted by molar-refractivity contribution is -0.155. The Morgan fingerprint density at radius 3 is 2.15 bits per heavy atom. The van der Waals surface area contributed by atoms with E-state index in [9.17, 15) is 0 Å². The van der Waals surface area contributed by atoms with E-state index in [2.05, 4.69) is 5.16 Å². The molecule has 0 aliphatic carbocycles. The van der Waals surface area contributed by atoms with Gasteiger partial charge in [-0.05, 0) is 34.6 Å². The molecule has 0 saturated carbocycles. The van der Waals surface area contributed by atoms with E-state index in [0.717, 1.165) is 0 Å². The van der Waals surface area contributed by atoms with Gasteiger partial charge in [0.1, 0.15) is 6.10 Å². The fourth-order valence-corrected chi connectivity index (χ4v) is 1.78. The van der Waals surface area contributed by atoms with Crippen molar-refractivity contribution < 1.29 is 14.7 Å². The van der Waals surface area contributed by atoms with Crippen molar-refractivity contribution in [1.82, 2.24) is 0 Å². The highest BCUT2D eigenvalue weighted by Crippen LogP contribution is 2.36. The van der Waals surface area contributed by atoms with Crippen molar-refractivity contribution in [2.75, 3.05) is 0 Å². The Labute approximate surface area is 78.5 Å². The average Bonchev–Trinajstić information content (AvgIpc) is 2.17. The van der Waals surface area contributed by atoms with Gasteiger partial charge >= 0.3 is 0 Å². The molecule has 0 radical (unpaired) electrons. The van der Waals surface area contributed by atoms with Gasteiger partial charge in [-0.25, -0.2) is 0 Å². The van der Waals surface area contributed by atoms with E-state index >= 15 is 0 Å². The van der Waals surface area contributed by atoms with Crippen LogP contribution in [0.4, 0.5) is 0 Å². The fraction of sp³-hybridized carbons (Fsp3) is 0.889. The van der Waals surface area contributed by atoms with Crippen LogP contribution in [-0.4, -0.2) is 28.4 Å². The number of oxime groups is 1. The van der Waals surface area contributed by atoms with Gasteiger partial charge in [0.25, 0.3) is 0 Å². The summed E-state index contributed by atoms with van der Waals surface area (Å²) in [5.74, 6) is -0.611. The molecule has 0 unspecified atom stereocenters. The monoisotopic (exact) mass is 187 g/mol. The van der Waals surface area contributed by atoms with E-state index < -0.39 is 11.4 Å². The Bertz CT molecular complexity index is 233. The van der Waals surface area contributed by atoms with Crippen LogP contribution < -0.4 is 0 Å². The van der Waals surface area contributed by atoms with Crippen molar-refractivity contribution in [3.8, 4) is 0 Å². The van der Waals surface area contributed by atoms with Crippen LogP contribution in [0.25, 0.3) is 0 Å². The van der Waals surface area contributed by atoms with Crippen LogP contribution >= 0.6 is 0 Å². The molecule has 1 aliphatic rings. The zero-order valence-electron chi connectivity index (χ0n) is 8.79. The van der Waals surface area contributed by atoms with Gasteiger partial charge in [-0.3, -0.25) is 0 Å². The molecule has 1 saturated heterocycles. The molecule has 4 nitrogen and oxygen atoms in total. The average molecular weight is 187 g/mol. The van der Waals surface area contributed by atoms with Crippen molar-refractivity contribution >= 4 is 5.71 Å². The van der Waals surface area contributed by atoms with Crippen molar-refractivity contribution in [3.63, 3.8) is 0 Å². The second-order valence-corrected chi connectivity index (χ2v) is 4.34. The van der Waals surface area contributed by atoms with Gasteiger partial charge in [0.05, 0.1) is 11.3 Å². The first-order valence-corrected chi connectivity index (χ1v) is 4.35. The molecule has 1 heterocycles. The largest absolute Gasteiger partial charge is 0.411 e. The zero-order valence-corrected chi connectivity index (χ0v) is 8.79. The van der Waals surface area contributed by atoms with Crippen LogP contribution in [0.15, 0.2) is 5.16 Å². The molecule has 1 atom stereocenters. The molecule has 1 aliphatic heterocycles. The van der Waals surface area contributed by atoms with Gasteiger partial charge in [0.2, 0.25) is 0 Å². The minimum Gasteiger partial charge on any atom is -0.411 e. The number of hydrogen-bond donors (Lipinski definition) is 1. The predicted octanol–water partition coefficient (Wildman–Crippen LogP) is 1.77. The lowest BCUT2D eigenvalue weighted by Gasteiger charge is -2.23. The molecule has 1 rings (SSSR count). The molecule has 13 heavy (non-hydrogen) atoms. The molecule has 0 aromatic heterocycles. The molecule has 1 fully saturated rings. The van der Waals surface area contributed by atoms with Gasteiger partial charge in [-0.1, -0.05) is 5.16 Å². The number of hydrogen-bond acceptors (Lipinski definition) is 4. The summed E-state index contributed by atoms with van der Waals surface area (Å²) in [5.41, 5.74) is 0.0929. The van der Waals surface area contributed by atoms with Gasteiger partial charge in [0.15, 0.2) is 5.79 Å². The molecule has 0 aromatic rings. The summed E-state index contributed by atoms with van der Waals surface area (Å²) >= 11 is 0. The van der Waals surface area contributed by atoms with Crippen LogP contribution in [-0.2, 0) is 9.47 Å². The van der Waals surface area contributed by atoms with E-state index in [1.54, 1.807) is 6.92 Å². The van der Waals surface area contributed by atoms with E-state index in [-0.39, 0.29) is 6.10 Å². The second kappa shape index (κ2) is 2.96. The number of ether oxygens (including phenoxy) is 2. The third kappa shape index (κ3) is 2.00. The Balaban J connectivity index is 2.89. The molecule has 0 spiro atoms. The molecule has 0 aromatic carbocycles. The highest BCUT2D eigenvalue weighted by atomic mass is 16.8. The second-order valence-electron chi connectivity index (χ2n) is 4.34. The summed E-state index contributed by atoms with van der Waals surface area (Å²) in [6, 6.07) is 0. The van der Waals surface area contributed by atoms with E-state index in [1.165, 1.54) is 0 Å². The molecule has 0 amide bonds. The van der Waals surface area contributed by atoms with Crippen LogP contribution in [0, 0.1) is 0 Å². The highest BCUT2D eigenvalue weighted by Gasteiger charge is 2.48. The summed E-state index contributed by atoms with van der Waals surface area (Å²) in [7, 11) is 0. The van der Waals surface area contributed by atoms with Crippen LogP contribution in [0.2, 0.25) is 0 Å². The lowest BCUT2D eigenvalue weighted by Crippen LogP contribution is -2.38. The maximum absolute atomic E-state index is 8.65. The van der Waals surface area contributed by atoms with Crippen molar-refractivity contribution in [1.29, 1.82) is 0 Å². The number of nitrogens with zero attached hydrogens (tertiary/aromatic N) is 1. The van der Waals surface area contributed by atoms with Crippen molar-refractivity contribution in [2.24, 2.45) is 5.16 Å². The minimum absolute atomic E-state index is 0.285.